The summed E-state index contributed by atoms with van der Waals surface area (Å²) >= 11 is 0. The Morgan fingerprint density at radius 2 is 1.64 bits per heavy atom. The molecule has 2 heterocycles. The average Bonchev–Trinajstić information content (AvgIpc) is 2.85. The highest BCUT2D eigenvalue weighted by atomic mass is 16.2. The van der Waals surface area contributed by atoms with E-state index >= 15 is 0 Å². The van der Waals surface area contributed by atoms with E-state index in [1.807, 2.05) is 67.0 Å². The standard InChI is InChI=1S/C29H38N4O3/c1-5-27(34)32-21(4)17-26(24-16-20(3)8-11-25(24)32)33(23-9-6-19(2)7-10-23)28(35)18-31-14-12-22(13-15-31)29(30)36/h6-11,16,21-22,26H,5,12-15,17-18H2,1-4H3,(H2,30,36)/t21-,26+/m1/s1. The van der Waals surface area contributed by atoms with Crippen LogP contribution in [0.5, 0.6) is 0 Å². The maximum absolute atomic E-state index is 14.0. The predicted molar refractivity (Wildman–Crippen MR) is 143 cm³/mol. The van der Waals surface area contributed by atoms with Crippen LogP contribution < -0.4 is 15.5 Å². The van der Waals surface area contributed by atoms with Crippen molar-refractivity contribution in [2.24, 2.45) is 11.7 Å². The zero-order valence-corrected chi connectivity index (χ0v) is 21.9. The van der Waals surface area contributed by atoms with Gasteiger partial charge in [-0.15, -0.1) is 0 Å². The Kier molecular flexibility index (Phi) is 7.79. The highest BCUT2D eigenvalue weighted by molar-refractivity contribution is 5.98. The lowest BCUT2D eigenvalue weighted by Gasteiger charge is -2.44. The van der Waals surface area contributed by atoms with Crippen LogP contribution in [0.4, 0.5) is 11.4 Å². The van der Waals surface area contributed by atoms with Crippen LogP contribution in [0.25, 0.3) is 0 Å². The SMILES string of the molecule is CCC(=O)N1c2ccc(C)cc2[C@@H](N(C(=O)CN2CCC(C(N)=O)CC2)c2ccc(C)cc2)C[C@H]1C. The molecule has 0 bridgehead atoms. The summed E-state index contributed by atoms with van der Waals surface area (Å²) in [6.45, 7) is 9.67. The van der Waals surface area contributed by atoms with Crippen LogP contribution in [0.3, 0.4) is 0 Å². The number of carbonyl (C=O) groups is 3. The van der Waals surface area contributed by atoms with Gasteiger partial charge in [-0.25, -0.2) is 0 Å². The number of fused-ring (bicyclic) bond motifs is 1. The van der Waals surface area contributed by atoms with Crippen LogP contribution in [0.1, 0.15) is 62.3 Å². The third-order valence-electron chi connectivity index (χ3n) is 7.62. The lowest BCUT2D eigenvalue weighted by atomic mass is 9.88. The molecule has 0 aromatic heterocycles. The number of likely N-dealkylation sites (tertiary alicyclic amines) is 1. The number of nitrogens with zero attached hydrogens (tertiary/aromatic N) is 3. The number of amides is 3. The van der Waals surface area contributed by atoms with Crippen molar-refractivity contribution in [1.82, 2.24) is 4.90 Å². The van der Waals surface area contributed by atoms with Gasteiger partial charge >= 0.3 is 0 Å². The van der Waals surface area contributed by atoms with Crippen molar-refractivity contribution in [3.63, 3.8) is 0 Å². The van der Waals surface area contributed by atoms with Gasteiger partial charge in [-0.05, 0) is 76.9 Å². The van der Waals surface area contributed by atoms with E-state index in [1.165, 1.54) is 0 Å². The monoisotopic (exact) mass is 490 g/mol. The molecular weight excluding hydrogens is 452 g/mol. The molecule has 192 valence electrons. The zero-order chi connectivity index (χ0) is 26.0. The Bertz CT molecular complexity index is 1120. The largest absolute Gasteiger partial charge is 0.369 e. The molecule has 2 aromatic carbocycles. The fourth-order valence-corrected chi connectivity index (χ4v) is 5.59. The summed E-state index contributed by atoms with van der Waals surface area (Å²) in [5, 5.41) is 0. The van der Waals surface area contributed by atoms with E-state index in [0.717, 1.165) is 28.1 Å². The van der Waals surface area contributed by atoms with Gasteiger partial charge in [0.1, 0.15) is 0 Å². The number of hydrogen-bond acceptors (Lipinski definition) is 4. The molecule has 1 saturated heterocycles. The topological polar surface area (TPSA) is 87.0 Å². The number of primary amides is 1. The summed E-state index contributed by atoms with van der Waals surface area (Å²) < 4.78 is 0. The number of aryl methyl sites for hydroxylation is 2. The first-order valence-electron chi connectivity index (χ1n) is 13.0. The van der Waals surface area contributed by atoms with E-state index in [-0.39, 0.29) is 42.3 Å². The van der Waals surface area contributed by atoms with E-state index in [1.54, 1.807) is 0 Å². The number of piperidine rings is 1. The molecule has 1 fully saturated rings. The Hall–Kier alpha value is -3.19. The molecule has 2 aliphatic rings. The summed E-state index contributed by atoms with van der Waals surface area (Å²) in [6.07, 6.45) is 2.46. The summed E-state index contributed by atoms with van der Waals surface area (Å²) in [5.74, 6) is -0.245. The fraction of sp³-hybridized carbons (Fsp3) is 0.483. The Balaban J connectivity index is 1.70. The maximum Gasteiger partial charge on any atom is 0.241 e. The van der Waals surface area contributed by atoms with Crippen molar-refractivity contribution in [1.29, 1.82) is 0 Å². The van der Waals surface area contributed by atoms with Gasteiger partial charge in [0.15, 0.2) is 0 Å². The van der Waals surface area contributed by atoms with Gasteiger partial charge in [-0.1, -0.05) is 42.3 Å². The lowest BCUT2D eigenvalue weighted by Crippen LogP contribution is -2.50. The molecule has 7 heteroatoms. The van der Waals surface area contributed by atoms with Crippen LogP contribution in [-0.4, -0.2) is 48.3 Å². The second kappa shape index (κ2) is 10.8. The molecule has 0 spiro atoms. The second-order valence-corrected chi connectivity index (χ2v) is 10.3. The first-order valence-corrected chi connectivity index (χ1v) is 13.0. The maximum atomic E-state index is 14.0. The van der Waals surface area contributed by atoms with Crippen LogP contribution in [0.2, 0.25) is 0 Å². The van der Waals surface area contributed by atoms with Crippen molar-refractivity contribution in [2.45, 2.75) is 65.5 Å². The van der Waals surface area contributed by atoms with Gasteiger partial charge < -0.3 is 15.5 Å². The summed E-state index contributed by atoms with van der Waals surface area (Å²) in [7, 11) is 0. The van der Waals surface area contributed by atoms with Crippen molar-refractivity contribution in [3.05, 3.63) is 59.2 Å². The number of rotatable bonds is 6. The average molecular weight is 491 g/mol. The summed E-state index contributed by atoms with van der Waals surface area (Å²) in [4.78, 5) is 44.4. The minimum atomic E-state index is -0.253. The number of benzene rings is 2. The first-order chi connectivity index (χ1) is 17.2. The van der Waals surface area contributed by atoms with Crippen molar-refractivity contribution < 1.29 is 14.4 Å². The number of carbonyl (C=O) groups excluding carboxylic acids is 3. The van der Waals surface area contributed by atoms with Crippen LogP contribution in [-0.2, 0) is 14.4 Å². The molecule has 2 aliphatic heterocycles. The molecule has 0 radical (unpaired) electrons. The molecule has 4 rings (SSSR count). The fourth-order valence-electron chi connectivity index (χ4n) is 5.59. The van der Waals surface area contributed by atoms with Gasteiger partial charge in [0.05, 0.1) is 12.6 Å². The molecule has 36 heavy (non-hydrogen) atoms. The zero-order valence-electron chi connectivity index (χ0n) is 21.9. The van der Waals surface area contributed by atoms with E-state index in [9.17, 15) is 14.4 Å². The van der Waals surface area contributed by atoms with E-state index < -0.39 is 0 Å². The molecule has 0 saturated carbocycles. The molecule has 0 aliphatic carbocycles. The molecule has 3 amide bonds. The Morgan fingerprint density at radius 1 is 1.00 bits per heavy atom. The van der Waals surface area contributed by atoms with Gasteiger partial charge in [0.2, 0.25) is 17.7 Å². The van der Waals surface area contributed by atoms with E-state index in [4.69, 9.17) is 5.73 Å². The van der Waals surface area contributed by atoms with E-state index in [2.05, 4.69) is 17.9 Å². The minimum absolute atomic E-state index is 0.0244. The van der Waals surface area contributed by atoms with Gasteiger partial charge in [-0.2, -0.15) is 0 Å². The number of anilines is 2. The van der Waals surface area contributed by atoms with E-state index in [0.29, 0.717) is 38.8 Å². The Morgan fingerprint density at radius 3 is 2.25 bits per heavy atom. The lowest BCUT2D eigenvalue weighted by molar-refractivity contribution is -0.123. The normalized spacial score (nSPS) is 20.6. The molecule has 0 unspecified atom stereocenters. The van der Waals surface area contributed by atoms with Gasteiger partial charge in [0.25, 0.3) is 0 Å². The van der Waals surface area contributed by atoms with Gasteiger partial charge in [-0.3, -0.25) is 19.3 Å². The quantitative estimate of drug-likeness (QED) is 0.660. The molecule has 7 nitrogen and oxygen atoms in total. The van der Waals surface area contributed by atoms with Crippen LogP contribution in [0, 0.1) is 19.8 Å². The third kappa shape index (κ3) is 5.31. The highest BCUT2D eigenvalue weighted by Crippen LogP contribution is 2.43. The summed E-state index contributed by atoms with van der Waals surface area (Å²) in [6, 6.07) is 14.0. The minimum Gasteiger partial charge on any atom is -0.369 e. The second-order valence-electron chi connectivity index (χ2n) is 10.3. The first kappa shape index (κ1) is 25.9. The van der Waals surface area contributed by atoms with Crippen molar-refractivity contribution >= 4 is 29.1 Å². The summed E-state index contributed by atoms with van der Waals surface area (Å²) in [5.41, 5.74) is 10.5. The predicted octanol–water partition coefficient (Wildman–Crippen LogP) is 4.11. The number of nitrogens with two attached hydrogens (primary N) is 1. The third-order valence-corrected chi connectivity index (χ3v) is 7.62. The van der Waals surface area contributed by atoms with Crippen LogP contribution >= 0.6 is 0 Å². The number of hydrogen-bond donors (Lipinski definition) is 1. The Labute approximate surface area is 214 Å². The molecular formula is C29H38N4O3. The highest BCUT2D eigenvalue weighted by Gasteiger charge is 2.39. The molecule has 2 aromatic rings. The smallest absolute Gasteiger partial charge is 0.241 e. The van der Waals surface area contributed by atoms with Gasteiger partial charge in [0, 0.05) is 29.8 Å². The molecule has 2 atom stereocenters. The van der Waals surface area contributed by atoms with Crippen molar-refractivity contribution in [2.75, 3.05) is 29.4 Å². The van der Waals surface area contributed by atoms with Crippen LogP contribution in [0.15, 0.2) is 42.5 Å². The van der Waals surface area contributed by atoms with Crippen molar-refractivity contribution in [3.8, 4) is 0 Å². The molecule has 2 N–H and O–H groups in total.